The normalized spacial score (nSPS) is 14.6. The van der Waals surface area contributed by atoms with Crippen LogP contribution in [0.3, 0.4) is 0 Å². The summed E-state index contributed by atoms with van der Waals surface area (Å²) in [5, 5.41) is 0.785. The Kier molecular flexibility index (Phi) is 6.65. The van der Waals surface area contributed by atoms with Crippen LogP contribution in [-0.2, 0) is 31.8 Å². The summed E-state index contributed by atoms with van der Waals surface area (Å²) in [6, 6.07) is 5.69. The quantitative estimate of drug-likeness (QED) is 0.240. The van der Waals surface area contributed by atoms with E-state index in [4.69, 9.17) is 8.60 Å². The van der Waals surface area contributed by atoms with Gasteiger partial charge in [-0.05, 0) is 39.4 Å². The van der Waals surface area contributed by atoms with Crippen molar-refractivity contribution >= 4 is 32.1 Å². The average molecular weight is 541 g/mol. The maximum absolute atomic E-state index is 13.6. The fraction of sp³-hybridized carbons (Fsp3) is 0.586. The molecule has 0 aliphatic heterocycles. The largest absolute Gasteiger partial charge is 0.534 e. The first kappa shape index (κ1) is 29.3. The van der Waals surface area contributed by atoms with E-state index >= 15 is 0 Å². The van der Waals surface area contributed by atoms with Gasteiger partial charge in [0.05, 0.1) is 5.39 Å². The molecule has 0 radical (unpaired) electrons. The maximum atomic E-state index is 13.6. The van der Waals surface area contributed by atoms with E-state index in [1.54, 1.807) is 6.07 Å². The van der Waals surface area contributed by atoms with Crippen LogP contribution >= 0.6 is 0 Å². The van der Waals surface area contributed by atoms with Gasteiger partial charge in [-0.1, -0.05) is 89.2 Å². The lowest BCUT2D eigenvalue weighted by Gasteiger charge is -2.28. The van der Waals surface area contributed by atoms with E-state index in [0.29, 0.717) is 22.1 Å². The van der Waals surface area contributed by atoms with Gasteiger partial charge >= 0.3 is 15.6 Å². The van der Waals surface area contributed by atoms with Gasteiger partial charge in [-0.3, -0.25) is 0 Å². The first-order valence-corrected chi connectivity index (χ1v) is 13.8. The number of halogens is 3. The lowest BCUT2D eigenvalue weighted by Crippen LogP contribution is -2.29. The molecule has 4 nitrogen and oxygen atoms in total. The molecule has 0 amide bonds. The molecule has 3 aromatic rings. The van der Waals surface area contributed by atoms with Crippen molar-refractivity contribution < 1.29 is 30.2 Å². The minimum atomic E-state index is -5.94. The molecule has 206 valence electrons. The summed E-state index contributed by atoms with van der Waals surface area (Å²) in [5.74, 6) is -0.336. The average Bonchev–Trinajstić information content (AvgIpc) is 3.02. The predicted molar refractivity (Wildman–Crippen MR) is 144 cm³/mol. The molecule has 0 aliphatic rings. The van der Waals surface area contributed by atoms with Gasteiger partial charge < -0.3 is 8.60 Å². The first-order valence-electron chi connectivity index (χ1n) is 12.4. The number of hydrogen-bond acceptors (Lipinski definition) is 4. The molecule has 1 aromatic heterocycles. The highest BCUT2D eigenvalue weighted by Crippen LogP contribution is 2.50. The van der Waals surface area contributed by atoms with Gasteiger partial charge in [0.15, 0.2) is 5.75 Å². The summed E-state index contributed by atoms with van der Waals surface area (Å²) < 4.78 is 76.9. The van der Waals surface area contributed by atoms with E-state index in [1.807, 2.05) is 68.4 Å². The zero-order valence-corrected chi connectivity index (χ0v) is 24.7. The molecule has 1 heterocycles. The minimum absolute atomic E-state index is 0.247. The van der Waals surface area contributed by atoms with Crippen LogP contribution in [-0.4, -0.2) is 13.9 Å². The number of benzene rings is 2. The summed E-state index contributed by atoms with van der Waals surface area (Å²) >= 11 is 0. The Morgan fingerprint density at radius 1 is 0.649 bits per heavy atom. The Labute approximate surface area is 218 Å². The third kappa shape index (κ3) is 5.36. The molecular weight excluding hydrogens is 501 g/mol. The highest BCUT2D eigenvalue weighted by molar-refractivity contribution is 7.88. The smallest absolute Gasteiger partial charge is 0.455 e. The van der Waals surface area contributed by atoms with Crippen LogP contribution in [0.15, 0.2) is 22.6 Å². The van der Waals surface area contributed by atoms with Gasteiger partial charge in [0.2, 0.25) is 0 Å². The second kappa shape index (κ2) is 8.39. The van der Waals surface area contributed by atoms with E-state index in [-0.39, 0.29) is 22.0 Å². The fourth-order valence-corrected chi connectivity index (χ4v) is 4.86. The zero-order valence-electron chi connectivity index (χ0n) is 23.9. The Balaban J connectivity index is 2.74. The zero-order chi connectivity index (χ0) is 28.7. The molecule has 2 aromatic carbocycles. The van der Waals surface area contributed by atoms with E-state index < -0.39 is 26.5 Å². The van der Waals surface area contributed by atoms with Crippen LogP contribution in [0.5, 0.6) is 5.75 Å². The number of furan rings is 1. The summed E-state index contributed by atoms with van der Waals surface area (Å²) in [7, 11) is -5.94. The van der Waals surface area contributed by atoms with Crippen LogP contribution in [0.25, 0.3) is 21.9 Å². The Morgan fingerprint density at radius 2 is 1.11 bits per heavy atom. The van der Waals surface area contributed by atoms with Gasteiger partial charge in [0, 0.05) is 22.1 Å². The molecule has 0 saturated carbocycles. The molecule has 0 atom stereocenters. The molecule has 0 bridgehead atoms. The van der Waals surface area contributed by atoms with Crippen molar-refractivity contribution in [1.29, 1.82) is 0 Å². The summed E-state index contributed by atoms with van der Waals surface area (Å²) in [6.07, 6.45) is 0. The number of rotatable bonds is 2. The number of alkyl halides is 3. The van der Waals surface area contributed by atoms with E-state index in [2.05, 4.69) is 26.8 Å². The lowest BCUT2D eigenvalue weighted by atomic mass is 9.77. The Morgan fingerprint density at radius 3 is 1.51 bits per heavy atom. The van der Waals surface area contributed by atoms with Gasteiger partial charge in [-0.15, -0.1) is 0 Å². The molecular formula is C29H39F3O4S. The monoisotopic (exact) mass is 540 g/mol. The lowest BCUT2D eigenvalue weighted by molar-refractivity contribution is -0.0500. The molecule has 0 N–H and O–H groups in total. The predicted octanol–water partition coefficient (Wildman–Crippen LogP) is 9.00. The second-order valence-corrected chi connectivity index (χ2v) is 15.5. The molecule has 3 rings (SSSR count). The highest BCUT2D eigenvalue weighted by atomic mass is 32.2. The van der Waals surface area contributed by atoms with Gasteiger partial charge in [-0.25, -0.2) is 0 Å². The van der Waals surface area contributed by atoms with E-state index in [0.717, 1.165) is 16.7 Å². The van der Waals surface area contributed by atoms with Crippen molar-refractivity contribution in [1.82, 2.24) is 0 Å². The van der Waals surface area contributed by atoms with Crippen molar-refractivity contribution in [3.05, 3.63) is 40.5 Å². The standard InChI is InChI=1S/C29H39F3O4S/c1-25(2,3)16-13-17-21-23(35-22(17)18(14-16)26(4,5)6)19(27(7,8)9)15-20(28(10,11)12)24(21)36-37(33,34)29(30,31)32/h13-15H,1-12H3. The molecule has 37 heavy (non-hydrogen) atoms. The molecule has 0 saturated heterocycles. The van der Waals surface area contributed by atoms with Crippen LogP contribution in [0.2, 0.25) is 0 Å². The molecule has 0 fully saturated rings. The van der Waals surface area contributed by atoms with Crippen LogP contribution in [0.1, 0.15) is 105 Å². The molecule has 0 aliphatic carbocycles. The third-order valence-electron chi connectivity index (χ3n) is 6.56. The van der Waals surface area contributed by atoms with Crippen molar-refractivity contribution in [2.45, 2.75) is 110 Å². The minimum Gasteiger partial charge on any atom is -0.455 e. The SMILES string of the molecule is CC(C)(C)c1cc(C(C)(C)C)c2oc3c(C(C)(C)C)cc(C(C)(C)C)c(OS(=O)(=O)C(F)(F)F)c3c2c1. The number of hydrogen-bond donors (Lipinski definition) is 0. The van der Waals surface area contributed by atoms with Crippen molar-refractivity contribution in [2.24, 2.45) is 0 Å². The summed E-state index contributed by atoms with van der Waals surface area (Å²) in [5.41, 5.74) is -3.61. The van der Waals surface area contributed by atoms with E-state index in [9.17, 15) is 21.6 Å². The molecule has 8 heteroatoms. The maximum Gasteiger partial charge on any atom is 0.534 e. The van der Waals surface area contributed by atoms with Crippen LogP contribution in [0.4, 0.5) is 13.2 Å². The fourth-order valence-electron chi connectivity index (χ4n) is 4.37. The van der Waals surface area contributed by atoms with Crippen molar-refractivity contribution in [2.75, 3.05) is 0 Å². The summed E-state index contributed by atoms with van der Waals surface area (Å²) in [4.78, 5) is 0. The Hall–Kier alpha value is -2.22. The second-order valence-electron chi connectivity index (χ2n) is 14.0. The highest BCUT2D eigenvalue weighted by Gasteiger charge is 2.49. The Bertz CT molecular complexity index is 1470. The first-order chi connectivity index (χ1) is 16.3. The van der Waals surface area contributed by atoms with Crippen molar-refractivity contribution in [3.8, 4) is 5.75 Å². The van der Waals surface area contributed by atoms with Gasteiger partial charge in [-0.2, -0.15) is 21.6 Å². The summed E-state index contributed by atoms with van der Waals surface area (Å²) in [6.45, 7) is 23.7. The van der Waals surface area contributed by atoms with Gasteiger partial charge in [0.1, 0.15) is 11.2 Å². The third-order valence-corrected chi connectivity index (χ3v) is 7.51. The van der Waals surface area contributed by atoms with Gasteiger partial charge in [0.25, 0.3) is 0 Å². The molecule has 0 unspecified atom stereocenters. The number of fused-ring (bicyclic) bond motifs is 3. The molecule has 0 spiro atoms. The van der Waals surface area contributed by atoms with Crippen LogP contribution in [0, 0.1) is 0 Å². The van der Waals surface area contributed by atoms with Crippen molar-refractivity contribution in [3.63, 3.8) is 0 Å². The van der Waals surface area contributed by atoms with E-state index in [1.165, 1.54) is 0 Å². The van der Waals surface area contributed by atoms with Crippen LogP contribution < -0.4 is 4.18 Å². The topological polar surface area (TPSA) is 56.5 Å².